The maximum atomic E-state index is 12.0. The summed E-state index contributed by atoms with van der Waals surface area (Å²) < 4.78 is 5.37. The van der Waals surface area contributed by atoms with Gasteiger partial charge in [-0.1, -0.05) is 0 Å². The lowest BCUT2D eigenvalue weighted by atomic mass is 10.0. The Morgan fingerprint density at radius 1 is 1.25 bits per heavy atom. The molecular formula is C14H25N3O3. The van der Waals surface area contributed by atoms with Gasteiger partial charge in [0.05, 0.1) is 6.04 Å². The van der Waals surface area contributed by atoms with Crippen molar-refractivity contribution in [3.8, 4) is 0 Å². The second-order valence-electron chi connectivity index (χ2n) is 6.45. The molecule has 2 amide bonds. The van der Waals surface area contributed by atoms with E-state index in [2.05, 4.69) is 10.2 Å². The summed E-state index contributed by atoms with van der Waals surface area (Å²) in [5, 5.41) is 2.91. The van der Waals surface area contributed by atoms with Gasteiger partial charge < -0.3 is 15.0 Å². The van der Waals surface area contributed by atoms with Crippen molar-refractivity contribution >= 4 is 12.0 Å². The number of hydrogen-bond donors (Lipinski definition) is 1. The summed E-state index contributed by atoms with van der Waals surface area (Å²) in [5.41, 5.74) is -0.461. The molecule has 20 heavy (non-hydrogen) atoms. The Morgan fingerprint density at radius 3 is 2.45 bits per heavy atom. The van der Waals surface area contributed by atoms with Crippen LogP contribution in [0.2, 0.25) is 0 Å². The van der Waals surface area contributed by atoms with Gasteiger partial charge in [0.2, 0.25) is 5.91 Å². The quantitative estimate of drug-likeness (QED) is 0.774. The normalized spacial score (nSPS) is 25.2. The Kier molecular flexibility index (Phi) is 4.52. The minimum Gasteiger partial charge on any atom is -0.444 e. The minimum atomic E-state index is -0.461. The maximum Gasteiger partial charge on any atom is 0.410 e. The summed E-state index contributed by atoms with van der Waals surface area (Å²) in [6, 6.07) is -0.0236. The van der Waals surface area contributed by atoms with Crippen LogP contribution in [-0.2, 0) is 9.53 Å². The van der Waals surface area contributed by atoms with Crippen molar-refractivity contribution in [3.05, 3.63) is 0 Å². The van der Waals surface area contributed by atoms with E-state index in [0.29, 0.717) is 13.1 Å². The van der Waals surface area contributed by atoms with Crippen molar-refractivity contribution in [1.29, 1.82) is 0 Å². The van der Waals surface area contributed by atoms with E-state index in [1.165, 1.54) is 0 Å². The van der Waals surface area contributed by atoms with Gasteiger partial charge in [-0.3, -0.25) is 9.69 Å². The number of carbonyl (C=O) groups is 2. The lowest BCUT2D eigenvalue weighted by molar-refractivity contribution is -0.128. The van der Waals surface area contributed by atoms with Crippen molar-refractivity contribution in [1.82, 2.24) is 15.1 Å². The van der Waals surface area contributed by atoms with Gasteiger partial charge in [0, 0.05) is 32.7 Å². The number of amides is 2. The molecule has 0 saturated carbocycles. The summed E-state index contributed by atoms with van der Waals surface area (Å²) in [5.74, 6) is 0.127. The monoisotopic (exact) mass is 283 g/mol. The Morgan fingerprint density at radius 2 is 1.90 bits per heavy atom. The molecule has 0 bridgehead atoms. The number of nitrogens with one attached hydrogen (secondary N) is 1. The van der Waals surface area contributed by atoms with Crippen LogP contribution < -0.4 is 5.32 Å². The third-order valence-corrected chi connectivity index (χ3v) is 3.66. The molecule has 2 aliphatic heterocycles. The standard InChI is InChI=1S/C14H25N3O3/c1-14(2,3)20-13(19)17-9-7-16(8-10-17)11-5-4-6-15-12(11)18/h11H,4-10H2,1-3H3,(H,15,18). The van der Waals surface area contributed by atoms with Crippen molar-refractivity contribution in [2.24, 2.45) is 0 Å². The predicted octanol–water partition coefficient (Wildman–Crippen LogP) is 0.818. The Labute approximate surface area is 120 Å². The fourth-order valence-corrected chi connectivity index (χ4v) is 2.65. The zero-order valence-electron chi connectivity index (χ0n) is 12.6. The third-order valence-electron chi connectivity index (χ3n) is 3.66. The van der Waals surface area contributed by atoms with E-state index >= 15 is 0 Å². The summed E-state index contributed by atoms with van der Waals surface area (Å²) in [4.78, 5) is 27.7. The second-order valence-corrected chi connectivity index (χ2v) is 6.45. The van der Waals surface area contributed by atoms with Gasteiger partial charge in [0.1, 0.15) is 5.60 Å². The highest BCUT2D eigenvalue weighted by Crippen LogP contribution is 2.16. The molecule has 2 saturated heterocycles. The number of hydrogen-bond acceptors (Lipinski definition) is 4. The van der Waals surface area contributed by atoms with Crippen LogP contribution in [0.3, 0.4) is 0 Å². The zero-order chi connectivity index (χ0) is 14.8. The molecule has 114 valence electrons. The molecule has 0 spiro atoms. The molecule has 0 aromatic carbocycles. The first-order valence-electron chi connectivity index (χ1n) is 7.36. The van der Waals surface area contributed by atoms with Crippen LogP contribution in [0, 0.1) is 0 Å². The van der Waals surface area contributed by atoms with E-state index in [4.69, 9.17) is 4.74 Å². The zero-order valence-corrected chi connectivity index (χ0v) is 12.6. The molecule has 0 aliphatic carbocycles. The highest BCUT2D eigenvalue weighted by atomic mass is 16.6. The largest absolute Gasteiger partial charge is 0.444 e. The summed E-state index contributed by atoms with van der Waals surface area (Å²) in [6.45, 7) is 9.10. The number of rotatable bonds is 1. The van der Waals surface area contributed by atoms with E-state index in [1.54, 1.807) is 4.90 Å². The van der Waals surface area contributed by atoms with Crippen LogP contribution in [-0.4, -0.2) is 66.2 Å². The minimum absolute atomic E-state index is 0.0236. The number of piperazine rings is 1. The second kappa shape index (κ2) is 5.99. The molecule has 1 atom stereocenters. The van der Waals surface area contributed by atoms with Crippen LogP contribution in [0.1, 0.15) is 33.6 Å². The first-order valence-corrected chi connectivity index (χ1v) is 7.36. The van der Waals surface area contributed by atoms with Crippen LogP contribution >= 0.6 is 0 Å². The smallest absolute Gasteiger partial charge is 0.410 e. The van der Waals surface area contributed by atoms with E-state index in [0.717, 1.165) is 32.5 Å². The molecule has 1 unspecified atom stereocenters. The van der Waals surface area contributed by atoms with Crippen LogP contribution in [0.5, 0.6) is 0 Å². The highest BCUT2D eigenvalue weighted by Gasteiger charge is 2.32. The molecule has 0 aromatic heterocycles. The number of nitrogens with zero attached hydrogens (tertiary/aromatic N) is 2. The molecule has 2 fully saturated rings. The number of carbonyl (C=O) groups excluding carboxylic acids is 2. The van der Waals surface area contributed by atoms with Gasteiger partial charge in [-0.05, 0) is 33.6 Å². The first kappa shape index (κ1) is 15.1. The van der Waals surface area contributed by atoms with E-state index < -0.39 is 5.60 Å². The molecule has 6 heteroatoms. The van der Waals surface area contributed by atoms with Crippen molar-refractivity contribution in [3.63, 3.8) is 0 Å². The fourth-order valence-electron chi connectivity index (χ4n) is 2.65. The first-order chi connectivity index (χ1) is 9.37. The van der Waals surface area contributed by atoms with Gasteiger partial charge >= 0.3 is 6.09 Å². The molecule has 6 nitrogen and oxygen atoms in total. The third kappa shape index (κ3) is 3.85. The van der Waals surface area contributed by atoms with Gasteiger partial charge in [0.15, 0.2) is 0 Å². The molecule has 0 radical (unpaired) electrons. The topological polar surface area (TPSA) is 61.9 Å². The molecule has 2 aliphatic rings. The van der Waals surface area contributed by atoms with Crippen molar-refractivity contribution < 1.29 is 14.3 Å². The van der Waals surface area contributed by atoms with E-state index in [1.807, 2.05) is 20.8 Å². The SMILES string of the molecule is CC(C)(C)OC(=O)N1CCN(C2CCCNC2=O)CC1. The van der Waals surface area contributed by atoms with Crippen LogP contribution in [0.4, 0.5) is 4.79 Å². The van der Waals surface area contributed by atoms with E-state index in [-0.39, 0.29) is 18.0 Å². The Balaban J connectivity index is 1.83. The van der Waals surface area contributed by atoms with Crippen LogP contribution in [0.25, 0.3) is 0 Å². The average molecular weight is 283 g/mol. The summed E-state index contributed by atoms with van der Waals surface area (Å²) in [7, 11) is 0. The van der Waals surface area contributed by atoms with Gasteiger partial charge in [-0.15, -0.1) is 0 Å². The number of ether oxygens (including phenoxy) is 1. The number of piperidine rings is 1. The maximum absolute atomic E-state index is 12.0. The molecule has 2 rings (SSSR count). The Bertz CT molecular complexity index is 370. The van der Waals surface area contributed by atoms with Crippen molar-refractivity contribution in [2.45, 2.75) is 45.3 Å². The molecule has 2 heterocycles. The van der Waals surface area contributed by atoms with Gasteiger partial charge in [0.25, 0.3) is 0 Å². The fraction of sp³-hybridized carbons (Fsp3) is 0.857. The van der Waals surface area contributed by atoms with Gasteiger partial charge in [-0.2, -0.15) is 0 Å². The summed E-state index contributed by atoms with van der Waals surface area (Å²) >= 11 is 0. The molecule has 1 N–H and O–H groups in total. The molecular weight excluding hydrogens is 258 g/mol. The Hall–Kier alpha value is -1.30. The summed E-state index contributed by atoms with van der Waals surface area (Å²) in [6.07, 6.45) is 1.69. The lowest BCUT2D eigenvalue weighted by Crippen LogP contribution is -2.57. The van der Waals surface area contributed by atoms with Crippen LogP contribution in [0.15, 0.2) is 0 Å². The van der Waals surface area contributed by atoms with Crippen molar-refractivity contribution in [2.75, 3.05) is 32.7 Å². The highest BCUT2D eigenvalue weighted by molar-refractivity contribution is 5.82. The van der Waals surface area contributed by atoms with Gasteiger partial charge in [-0.25, -0.2) is 4.79 Å². The predicted molar refractivity (Wildman–Crippen MR) is 75.4 cm³/mol. The molecule has 0 aromatic rings. The lowest BCUT2D eigenvalue weighted by Gasteiger charge is -2.40. The van der Waals surface area contributed by atoms with E-state index in [9.17, 15) is 9.59 Å². The average Bonchev–Trinajstić information content (AvgIpc) is 2.37.